The quantitative estimate of drug-likeness (QED) is 0.373. The molecule has 1 amide bonds. The van der Waals surface area contributed by atoms with E-state index >= 15 is 0 Å². The molecule has 3 aromatic rings. The van der Waals surface area contributed by atoms with Crippen LogP contribution in [-0.4, -0.2) is 43.1 Å². The summed E-state index contributed by atoms with van der Waals surface area (Å²) < 4.78 is 16.1. The maximum absolute atomic E-state index is 13.0. The van der Waals surface area contributed by atoms with Gasteiger partial charge in [0.2, 0.25) is 0 Å². The standard InChI is InChI=1S/C26H26ClNO6/c1-16(26(31)28-11-5-6-17(15-28)12-24(29)32-2)33-18-9-10-20-21(14-25(30)34-23(20)13-18)19-7-3-4-8-22(19)27/h3-4,7-10,13-14,16-17H,5-6,11-12,15H2,1-2H3/t16?,17-/m0/s1. The van der Waals surface area contributed by atoms with Crippen molar-refractivity contribution in [3.63, 3.8) is 0 Å². The number of benzene rings is 2. The third-order valence-corrected chi connectivity index (χ3v) is 6.38. The lowest BCUT2D eigenvalue weighted by atomic mass is 9.94. The molecular formula is C26H26ClNO6. The van der Waals surface area contributed by atoms with Crippen molar-refractivity contribution >= 4 is 34.4 Å². The van der Waals surface area contributed by atoms with Gasteiger partial charge in [-0.25, -0.2) is 4.79 Å². The maximum atomic E-state index is 13.0. The van der Waals surface area contributed by atoms with Gasteiger partial charge in [-0.1, -0.05) is 29.8 Å². The number of amides is 1. The zero-order valence-corrected chi connectivity index (χ0v) is 19.8. The molecule has 2 aromatic carbocycles. The lowest BCUT2D eigenvalue weighted by molar-refractivity contribution is -0.145. The first-order valence-electron chi connectivity index (χ1n) is 11.2. The van der Waals surface area contributed by atoms with Crippen LogP contribution >= 0.6 is 11.6 Å². The third kappa shape index (κ3) is 5.25. The minimum atomic E-state index is -0.743. The number of esters is 1. The zero-order valence-electron chi connectivity index (χ0n) is 19.1. The van der Waals surface area contributed by atoms with Crippen molar-refractivity contribution in [1.82, 2.24) is 4.90 Å². The van der Waals surface area contributed by atoms with Crippen LogP contribution in [-0.2, 0) is 14.3 Å². The molecule has 178 valence electrons. The van der Waals surface area contributed by atoms with Crippen LogP contribution in [0, 0.1) is 5.92 Å². The van der Waals surface area contributed by atoms with Gasteiger partial charge in [0.1, 0.15) is 11.3 Å². The Morgan fingerprint density at radius 1 is 1.18 bits per heavy atom. The highest BCUT2D eigenvalue weighted by Gasteiger charge is 2.29. The van der Waals surface area contributed by atoms with Gasteiger partial charge in [-0.3, -0.25) is 9.59 Å². The van der Waals surface area contributed by atoms with E-state index < -0.39 is 11.7 Å². The summed E-state index contributed by atoms with van der Waals surface area (Å²) in [7, 11) is 1.37. The van der Waals surface area contributed by atoms with Crippen LogP contribution in [0.1, 0.15) is 26.2 Å². The number of fused-ring (bicyclic) bond motifs is 1. The van der Waals surface area contributed by atoms with E-state index in [4.69, 9.17) is 25.5 Å². The second kappa shape index (κ2) is 10.3. The van der Waals surface area contributed by atoms with Gasteiger partial charge < -0.3 is 18.8 Å². The van der Waals surface area contributed by atoms with Crippen LogP contribution < -0.4 is 10.4 Å². The van der Waals surface area contributed by atoms with E-state index in [0.29, 0.717) is 46.8 Å². The van der Waals surface area contributed by atoms with Crippen LogP contribution in [0.2, 0.25) is 5.02 Å². The van der Waals surface area contributed by atoms with Gasteiger partial charge >= 0.3 is 11.6 Å². The zero-order chi connectivity index (χ0) is 24.2. The second-order valence-electron chi connectivity index (χ2n) is 8.45. The first-order chi connectivity index (χ1) is 16.4. The lowest BCUT2D eigenvalue weighted by Crippen LogP contribution is -2.46. The number of piperidine rings is 1. The largest absolute Gasteiger partial charge is 0.481 e. The van der Waals surface area contributed by atoms with E-state index in [9.17, 15) is 14.4 Å². The molecule has 2 atom stereocenters. The van der Waals surface area contributed by atoms with Gasteiger partial charge in [0.25, 0.3) is 5.91 Å². The molecule has 1 aromatic heterocycles. The van der Waals surface area contributed by atoms with Crippen molar-refractivity contribution in [1.29, 1.82) is 0 Å². The topological polar surface area (TPSA) is 86.0 Å². The number of methoxy groups -OCH3 is 1. The molecule has 8 heteroatoms. The highest BCUT2D eigenvalue weighted by Crippen LogP contribution is 2.34. The van der Waals surface area contributed by atoms with E-state index in [0.717, 1.165) is 18.4 Å². The molecule has 0 saturated carbocycles. The van der Waals surface area contributed by atoms with Gasteiger partial charge in [-0.2, -0.15) is 0 Å². The number of hydrogen-bond acceptors (Lipinski definition) is 6. The Labute approximate surface area is 202 Å². The minimum Gasteiger partial charge on any atom is -0.481 e. The molecule has 0 spiro atoms. The van der Waals surface area contributed by atoms with Gasteiger partial charge in [-0.05, 0) is 43.9 Å². The Morgan fingerprint density at radius 3 is 2.74 bits per heavy atom. The van der Waals surface area contributed by atoms with Crippen molar-refractivity contribution in [3.05, 3.63) is 64.0 Å². The molecule has 1 aliphatic heterocycles. The Balaban J connectivity index is 1.52. The minimum absolute atomic E-state index is 0.0792. The number of nitrogens with zero attached hydrogens (tertiary/aromatic N) is 1. The van der Waals surface area contributed by atoms with Crippen molar-refractivity contribution in [3.8, 4) is 16.9 Å². The number of ether oxygens (including phenoxy) is 2. The van der Waals surface area contributed by atoms with Crippen LogP contribution in [0.3, 0.4) is 0 Å². The number of likely N-dealkylation sites (tertiary alicyclic amines) is 1. The average Bonchev–Trinajstić information content (AvgIpc) is 2.83. The van der Waals surface area contributed by atoms with Crippen LogP contribution in [0.15, 0.2) is 57.7 Å². The summed E-state index contributed by atoms with van der Waals surface area (Å²) >= 11 is 6.34. The van der Waals surface area contributed by atoms with E-state index in [1.54, 1.807) is 36.1 Å². The molecule has 0 N–H and O–H groups in total. The number of hydrogen-bond donors (Lipinski definition) is 0. The fraction of sp³-hybridized carbons (Fsp3) is 0.346. The first kappa shape index (κ1) is 23.8. The Hall–Kier alpha value is -3.32. The molecular weight excluding hydrogens is 458 g/mol. The normalized spacial score (nSPS) is 16.8. The highest BCUT2D eigenvalue weighted by atomic mass is 35.5. The average molecular weight is 484 g/mol. The summed E-state index contributed by atoms with van der Waals surface area (Å²) in [5.41, 5.74) is 1.23. The fourth-order valence-corrected chi connectivity index (χ4v) is 4.62. The Kier molecular flexibility index (Phi) is 7.22. The van der Waals surface area contributed by atoms with Gasteiger partial charge in [0.15, 0.2) is 6.10 Å². The fourth-order valence-electron chi connectivity index (χ4n) is 4.38. The summed E-state index contributed by atoms with van der Waals surface area (Å²) in [6.07, 6.45) is 1.26. The predicted octanol–water partition coefficient (Wildman–Crippen LogP) is 4.68. The van der Waals surface area contributed by atoms with E-state index in [1.807, 2.05) is 18.2 Å². The summed E-state index contributed by atoms with van der Waals surface area (Å²) in [6.45, 7) is 2.81. The van der Waals surface area contributed by atoms with Crippen LogP contribution in [0.5, 0.6) is 5.75 Å². The molecule has 0 aliphatic carbocycles. The molecule has 1 saturated heterocycles. The molecule has 2 heterocycles. The number of rotatable bonds is 6. The van der Waals surface area contributed by atoms with Gasteiger partial charge in [0.05, 0.1) is 7.11 Å². The van der Waals surface area contributed by atoms with Crippen molar-refractivity contribution in [2.45, 2.75) is 32.3 Å². The molecule has 34 heavy (non-hydrogen) atoms. The molecule has 7 nitrogen and oxygen atoms in total. The van der Waals surface area contributed by atoms with Gasteiger partial charge in [0, 0.05) is 53.2 Å². The molecule has 0 radical (unpaired) electrons. The Bertz CT molecular complexity index is 1270. The molecule has 1 unspecified atom stereocenters. The first-order valence-corrected chi connectivity index (χ1v) is 11.6. The summed E-state index contributed by atoms with van der Waals surface area (Å²) in [6, 6.07) is 13.8. The van der Waals surface area contributed by atoms with Crippen LogP contribution in [0.4, 0.5) is 0 Å². The number of halogens is 1. The third-order valence-electron chi connectivity index (χ3n) is 6.05. The van der Waals surface area contributed by atoms with Crippen molar-refractivity contribution < 1.29 is 23.5 Å². The van der Waals surface area contributed by atoms with E-state index in [-0.39, 0.29) is 17.8 Å². The smallest absolute Gasteiger partial charge is 0.336 e. The monoisotopic (exact) mass is 483 g/mol. The molecule has 0 bridgehead atoms. The summed E-state index contributed by atoms with van der Waals surface area (Å²) in [4.78, 5) is 38.6. The number of carbonyl (C=O) groups is 2. The Morgan fingerprint density at radius 2 is 1.97 bits per heavy atom. The SMILES string of the molecule is COC(=O)C[C@@H]1CCCN(C(=O)C(C)Oc2ccc3c(-c4ccccc4Cl)cc(=O)oc3c2)C1. The number of carbonyl (C=O) groups excluding carboxylic acids is 2. The van der Waals surface area contributed by atoms with Crippen molar-refractivity contribution in [2.75, 3.05) is 20.2 Å². The van der Waals surface area contributed by atoms with Crippen LogP contribution in [0.25, 0.3) is 22.1 Å². The van der Waals surface area contributed by atoms with Crippen molar-refractivity contribution in [2.24, 2.45) is 5.92 Å². The molecule has 1 aliphatic rings. The predicted molar refractivity (Wildman–Crippen MR) is 129 cm³/mol. The molecule has 4 rings (SSSR count). The van der Waals surface area contributed by atoms with E-state index in [2.05, 4.69) is 0 Å². The van der Waals surface area contributed by atoms with Gasteiger partial charge in [-0.15, -0.1) is 0 Å². The summed E-state index contributed by atoms with van der Waals surface area (Å²) in [5.74, 6) is 0.0739. The molecule has 1 fully saturated rings. The lowest BCUT2D eigenvalue weighted by Gasteiger charge is -2.33. The highest BCUT2D eigenvalue weighted by molar-refractivity contribution is 6.33. The summed E-state index contributed by atoms with van der Waals surface area (Å²) in [5, 5.41) is 1.24. The second-order valence-corrected chi connectivity index (χ2v) is 8.86. The van der Waals surface area contributed by atoms with E-state index in [1.165, 1.54) is 13.2 Å². The maximum Gasteiger partial charge on any atom is 0.336 e.